The molecule has 0 aromatic carbocycles. The van der Waals surface area contributed by atoms with Gasteiger partial charge in [0.2, 0.25) is 0 Å². The second-order valence-corrected chi connectivity index (χ2v) is 3.12. The van der Waals surface area contributed by atoms with E-state index in [1.807, 2.05) is 0 Å². The van der Waals surface area contributed by atoms with Crippen molar-refractivity contribution in [3.8, 4) is 0 Å². The van der Waals surface area contributed by atoms with Gasteiger partial charge in [0.1, 0.15) is 6.61 Å². The molecule has 0 aromatic heterocycles. The summed E-state index contributed by atoms with van der Waals surface area (Å²) in [5.74, 6) is 0. The number of hydrogen-bond donors (Lipinski definition) is 2. The smallest absolute Gasteiger partial charge is 0.410 e. The van der Waals surface area contributed by atoms with Gasteiger partial charge in [0.15, 0.2) is 0 Å². The molecule has 0 spiro atoms. The van der Waals surface area contributed by atoms with Gasteiger partial charge in [0.05, 0.1) is 0 Å². The van der Waals surface area contributed by atoms with Crippen molar-refractivity contribution in [3.05, 3.63) is 12.3 Å². The lowest BCUT2D eigenvalue weighted by Gasteiger charge is -2.09. The predicted octanol–water partition coefficient (Wildman–Crippen LogP) is 0.0640. The lowest BCUT2D eigenvalue weighted by atomic mass is 10.6. The van der Waals surface area contributed by atoms with Crippen LogP contribution >= 0.6 is 7.60 Å². The van der Waals surface area contributed by atoms with Crippen molar-refractivity contribution in [2.75, 3.05) is 6.61 Å². The van der Waals surface area contributed by atoms with E-state index in [4.69, 9.17) is 9.79 Å². The first kappa shape index (κ1) is 7.47. The molecule has 5 nitrogen and oxygen atoms in total. The molecule has 56 valence electrons. The van der Waals surface area contributed by atoms with Gasteiger partial charge in [-0.15, -0.1) is 0 Å². The quantitative estimate of drug-likeness (QED) is 0.536. The Morgan fingerprint density at radius 2 is 2.40 bits per heavy atom. The van der Waals surface area contributed by atoms with Crippen molar-refractivity contribution in [3.63, 3.8) is 0 Å². The second-order valence-electron chi connectivity index (χ2n) is 1.65. The van der Waals surface area contributed by atoms with Gasteiger partial charge >= 0.3 is 13.2 Å². The van der Waals surface area contributed by atoms with Crippen molar-refractivity contribution in [1.29, 1.82) is 0 Å². The summed E-state index contributed by atoms with van der Waals surface area (Å²) in [6, 6.07) is 0. The minimum absolute atomic E-state index is 0.171. The molecule has 1 rings (SSSR count). The van der Waals surface area contributed by atoms with E-state index >= 15 is 0 Å². The molecule has 2 N–H and O–H groups in total. The van der Waals surface area contributed by atoms with Gasteiger partial charge in [-0.3, -0.25) is 0 Å². The molecule has 1 aliphatic rings. The minimum atomic E-state index is -4.26. The van der Waals surface area contributed by atoms with E-state index in [2.05, 4.69) is 9.73 Å². The van der Waals surface area contributed by atoms with E-state index in [0.29, 0.717) is 0 Å². The highest BCUT2D eigenvalue weighted by atomic mass is 31.2. The highest BCUT2D eigenvalue weighted by molar-refractivity contribution is 7.69. The molecule has 0 bridgehead atoms. The molecule has 0 saturated heterocycles. The van der Waals surface area contributed by atoms with Crippen LogP contribution in [0, 0.1) is 0 Å². The fraction of sp³-hybridized carbons (Fsp3) is 0.250. The normalized spacial score (nSPS) is 18.0. The fourth-order valence-electron chi connectivity index (χ4n) is 0.479. The zero-order valence-electron chi connectivity index (χ0n) is 4.97. The summed E-state index contributed by atoms with van der Waals surface area (Å²) < 4.78 is 14.9. The van der Waals surface area contributed by atoms with Gasteiger partial charge in [-0.1, -0.05) is 0 Å². The Labute approximate surface area is 57.2 Å². The molecule has 0 fully saturated rings. The molecule has 0 radical (unpaired) electrons. The minimum Gasteiger partial charge on any atom is -0.468 e. The maximum atomic E-state index is 10.4. The van der Waals surface area contributed by atoms with Crippen LogP contribution in [0.3, 0.4) is 0 Å². The number of aliphatic imine (C=N–C) groups is 1. The Morgan fingerprint density at radius 3 is 2.70 bits per heavy atom. The molecule has 0 aromatic rings. The van der Waals surface area contributed by atoms with Crippen LogP contribution < -0.4 is 0 Å². The third kappa shape index (κ3) is 1.67. The van der Waals surface area contributed by atoms with Gasteiger partial charge in [-0.25, -0.2) is 9.56 Å². The van der Waals surface area contributed by atoms with Crippen molar-refractivity contribution in [1.82, 2.24) is 0 Å². The molecule has 10 heavy (non-hydrogen) atoms. The van der Waals surface area contributed by atoms with Crippen LogP contribution in [0.2, 0.25) is 0 Å². The van der Waals surface area contributed by atoms with Crippen molar-refractivity contribution in [2.45, 2.75) is 0 Å². The average molecular weight is 163 g/mol. The Bertz CT molecular complexity index is 227. The van der Waals surface area contributed by atoms with Crippen LogP contribution in [0.1, 0.15) is 0 Å². The SMILES string of the molecule is O=P(O)(O)C1=NC=CCO1. The maximum absolute atomic E-state index is 10.4. The molecule has 0 saturated carbocycles. The Hall–Kier alpha value is -0.640. The highest BCUT2D eigenvalue weighted by Crippen LogP contribution is 2.37. The summed E-state index contributed by atoms with van der Waals surface area (Å²) in [4.78, 5) is 20.3. The topological polar surface area (TPSA) is 79.1 Å². The van der Waals surface area contributed by atoms with Gasteiger partial charge < -0.3 is 14.5 Å². The van der Waals surface area contributed by atoms with E-state index < -0.39 is 13.2 Å². The first-order chi connectivity index (χ1) is 4.61. The molecule has 0 atom stereocenters. The van der Waals surface area contributed by atoms with Crippen LogP contribution in [0.4, 0.5) is 0 Å². The average Bonchev–Trinajstić information content (AvgIpc) is 1.88. The van der Waals surface area contributed by atoms with Crippen molar-refractivity contribution in [2.24, 2.45) is 4.99 Å². The highest BCUT2D eigenvalue weighted by Gasteiger charge is 2.25. The lowest BCUT2D eigenvalue weighted by molar-refractivity contribution is 0.323. The Morgan fingerprint density at radius 1 is 1.70 bits per heavy atom. The van der Waals surface area contributed by atoms with E-state index in [0.717, 1.165) is 0 Å². The van der Waals surface area contributed by atoms with E-state index in [-0.39, 0.29) is 6.61 Å². The number of ether oxygens (including phenoxy) is 1. The molecule has 0 aliphatic carbocycles. The predicted molar refractivity (Wildman–Crippen MR) is 34.6 cm³/mol. The lowest BCUT2D eigenvalue weighted by Crippen LogP contribution is -2.07. The third-order valence-electron chi connectivity index (χ3n) is 0.848. The largest absolute Gasteiger partial charge is 0.468 e. The van der Waals surface area contributed by atoms with Crippen LogP contribution in [-0.2, 0) is 9.30 Å². The van der Waals surface area contributed by atoms with Gasteiger partial charge in [-0.05, 0) is 6.08 Å². The summed E-state index contributed by atoms with van der Waals surface area (Å²) in [5.41, 5.74) is -0.505. The zero-order chi connectivity index (χ0) is 7.61. The molecule has 1 aliphatic heterocycles. The van der Waals surface area contributed by atoms with E-state index in [1.54, 1.807) is 6.08 Å². The fourth-order valence-corrected chi connectivity index (χ4v) is 0.939. The van der Waals surface area contributed by atoms with Gasteiger partial charge in [0.25, 0.3) is 0 Å². The van der Waals surface area contributed by atoms with E-state index in [9.17, 15) is 4.57 Å². The Kier molecular flexibility index (Phi) is 1.89. The number of rotatable bonds is 1. The van der Waals surface area contributed by atoms with Gasteiger partial charge in [-0.2, -0.15) is 0 Å². The van der Waals surface area contributed by atoms with Crippen molar-refractivity contribution < 1.29 is 19.1 Å². The molecule has 1 heterocycles. The maximum Gasteiger partial charge on any atom is 0.410 e. The van der Waals surface area contributed by atoms with Crippen LogP contribution in [0.25, 0.3) is 0 Å². The molecule has 0 amide bonds. The number of hydrogen-bond acceptors (Lipinski definition) is 3. The monoisotopic (exact) mass is 163 g/mol. The summed E-state index contributed by atoms with van der Waals surface area (Å²) in [5, 5.41) is 0. The van der Waals surface area contributed by atoms with Gasteiger partial charge in [0, 0.05) is 6.20 Å². The summed E-state index contributed by atoms with van der Waals surface area (Å²) in [6.45, 7) is 0.171. The molecular formula is C4H6NO4P. The standard InChI is InChI=1S/C4H6NO4P/c6-10(7,8)4-5-2-1-3-9-4/h1-2H,3H2,(H2,6,7,8). The molecule has 6 heteroatoms. The first-order valence-corrected chi connectivity index (χ1v) is 4.13. The molecule has 0 unspecified atom stereocenters. The van der Waals surface area contributed by atoms with Crippen molar-refractivity contribution >= 4 is 13.2 Å². The second kappa shape index (κ2) is 2.54. The van der Waals surface area contributed by atoms with Crippen LogP contribution in [0.15, 0.2) is 17.3 Å². The van der Waals surface area contributed by atoms with Crippen LogP contribution in [0.5, 0.6) is 0 Å². The third-order valence-corrected chi connectivity index (χ3v) is 1.59. The first-order valence-electron chi connectivity index (χ1n) is 2.52. The van der Waals surface area contributed by atoms with E-state index in [1.165, 1.54) is 6.20 Å². The number of nitrogens with zero attached hydrogens (tertiary/aromatic N) is 1. The summed E-state index contributed by atoms with van der Waals surface area (Å²) >= 11 is 0. The molecular weight excluding hydrogens is 157 g/mol. The van der Waals surface area contributed by atoms with Crippen LogP contribution in [-0.4, -0.2) is 22.0 Å². The Balaban J connectivity index is 2.82. The summed E-state index contributed by atoms with van der Waals surface area (Å²) in [6.07, 6.45) is 2.86. The summed E-state index contributed by atoms with van der Waals surface area (Å²) in [7, 11) is -4.26. The zero-order valence-corrected chi connectivity index (χ0v) is 5.86.